The Hall–Kier alpha value is -1.98. The van der Waals surface area contributed by atoms with Gasteiger partial charge in [-0.25, -0.2) is 4.79 Å². The Morgan fingerprint density at radius 3 is 2.37 bits per heavy atom. The van der Waals surface area contributed by atoms with E-state index >= 15 is 0 Å². The molecule has 1 aromatic carbocycles. The Kier molecular flexibility index (Phi) is 3.04. The summed E-state index contributed by atoms with van der Waals surface area (Å²) in [5, 5.41) is 8.87. The Bertz CT molecular complexity index is 573. The monoisotopic (exact) mass is 272 g/mol. The van der Waals surface area contributed by atoms with Gasteiger partial charge in [0.2, 0.25) is 6.10 Å². The molecule has 0 aliphatic carbocycles. The van der Waals surface area contributed by atoms with Crippen molar-refractivity contribution in [2.24, 2.45) is 0 Å². The summed E-state index contributed by atoms with van der Waals surface area (Å²) in [6.07, 6.45) is -6.17. The van der Waals surface area contributed by atoms with E-state index in [-0.39, 0.29) is 5.75 Å². The second-order valence-corrected chi connectivity index (χ2v) is 4.42. The van der Waals surface area contributed by atoms with E-state index in [0.717, 1.165) is 17.2 Å². The molecule has 0 saturated heterocycles. The van der Waals surface area contributed by atoms with Crippen molar-refractivity contribution < 1.29 is 27.8 Å². The predicted molar refractivity (Wildman–Crippen MR) is 62.0 cm³/mol. The topological polar surface area (TPSA) is 46.5 Å². The lowest BCUT2D eigenvalue weighted by molar-refractivity contribution is -0.187. The first-order valence-corrected chi connectivity index (χ1v) is 5.49. The zero-order valence-electron chi connectivity index (χ0n) is 10.2. The minimum atomic E-state index is -4.76. The highest BCUT2D eigenvalue weighted by Gasteiger charge is 2.48. The molecule has 0 spiro atoms. The van der Waals surface area contributed by atoms with Gasteiger partial charge >= 0.3 is 12.1 Å². The van der Waals surface area contributed by atoms with Gasteiger partial charge in [0, 0.05) is 5.56 Å². The minimum Gasteiger partial charge on any atom is -0.478 e. The molecular formula is C13H11F3O3. The number of carboxylic acid groups (broad SMARTS) is 1. The number of hydrogen-bond acceptors (Lipinski definition) is 2. The van der Waals surface area contributed by atoms with Crippen molar-refractivity contribution in [2.75, 3.05) is 0 Å². The molecule has 1 N–H and O–H groups in total. The maximum atomic E-state index is 12.8. The molecule has 0 fully saturated rings. The number of carboxylic acids is 1. The lowest BCUT2D eigenvalue weighted by Crippen LogP contribution is -2.40. The maximum Gasteiger partial charge on any atom is 0.430 e. The molecule has 1 aliphatic rings. The Morgan fingerprint density at radius 1 is 1.26 bits per heavy atom. The number of rotatable bonds is 1. The molecule has 1 atom stereocenters. The van der Waals surface area contributed by atoms with Gasteiger partial charge in [-0.1, -0.05) is 0 Å². The highest BCUT2D eigenvalue weighted by Crippen LogP contribution is 2.38. The smallest absolute Gasteiger partial charge is 0.430 e. The largest absolute Gasteiger partial charge is 0.478 e. The number of alkyl halides is 3. The number of aryl methyl sites for hydroxylation is 2. The fourth-order valence-corrected chi connectivity index (χ4v) is 1.88. The molecule has 1 aromatic rings. The fraction of sp³-hybridized carbons (Fsp3) is 0.308. The van der Waals surface area contributed by atoms with Gasteiger partial charge in [0.15, 0.2) is 0 Å². The average molecular weight is 272 g/mol. The van der Waals surface area contributed by atoms with E-state index < -0.39 is 23.8 Å². The third-order valence-electron chi connectivity index (χ3n) is 3.01. The van der Waals surface area contributed by atoms with Crippen LogP contribution in [0.25, 0.3) is 6.08 Å². The first kappa shape index (κ1) is 13.5. The number of carbonyl (C=O) groups is 1. The third-order valence-corrected chi connectivity index (χ3v) is 3.01. The third kappa shape index (κ3) is 2.43. The summed E-state index contributed by atoms with van der Waals surface area (Å²) in [5.41, 5.74) is 1.19. The molecule has 1 heterocycles. The number of ether oxygens (including phenoxy) is 1. The van der Waals surface area contributed by atoms with Crippen LogP contribution in [0.2, 0.25) is 0 Å². The van der Waals surface area contributed by atoms with E-state index in [1.54, 1.807) is 19.9 Å². The molecule has 0 amide bonds. The number of hydrogen-bond donors (Lipinski definition) is 1. The van der Waals surface area contributed by atoms with E-state index in [1.165, 1.54) is 6.07 Å². The van der Waals surface area contributed by atoms with Crippen LogP contribution in [0.5, 0.6) is 5.75 Å². The molecule has 0 radical (unpaired) electrons. The normalized spacial score (nSPS) is 18.4. The van der Waals surface area contributed by atoms with Crippen LogP contribution in [0.1, 0.15) is 16.7 Å². The van der Waals surface area contributed by atoms with Crippen LogP contribution in [-0.2, 0) is 4.79 Å². The first-order valence-electron chi connectivity index (χ1n) is 5.49. The Labute approximate surface area is 107 Å². The van der Waals surface area contributed by atoms with Gasteiger partial charge in [-0.05, 0) is 43.2 Å². The molecule has 2 rings (SSSR count). The van der Waals surface area contributed by atoms with Crippen LogP contribution in [0, 0.1) is 13.8 Å². The van der Waals surface area contributed by atoms with Crippen molar-refractivity contribution in [1.29, 1.82) is 0 Å². The number of fused-ring (bicyclic) bond motifs is 1. The predicted octanol–water partition coefficient (Wildman–Crippen LogP) is 3.09. The SMILES string of the molecule is Cc1cc2c(cc1C)OC(C(F)(F)F)C(C(=O)O)=C2. The van der Waals surface area contributed by atoms with E-state index in [1.807, 2.05) is 0 Å². The van der Waals surface area contributed by atoms with E-state index in [0.29, 0.717) is 5.56 Å². The van der Waals surface area contributed by atoms with Crippen LogP contribution in [0.4, 0.5) is 13.2 Å². The van der Waals surface area contributed by atoms with Crippen molar-refractivity contribution in [3.05, 3.63) is 34.4 Å². The zero-order valence-corrected chi connectivity index (χ0v) is 10.2. The van der Waals surface area contributed by atoms with E-state index in [9.17, 15) is 18.0 Å². The van der Waals surface area contributed by atoms with Gasteiger partial charge in [-0.2, -0.15) is 13.2 Å². The summed E-state index contributed by atoms with van der Waals surface area (Å²) >= 11 is 0. The van der Waals surface area contributed by atoms with Crippen molar-refractivity contribution in [3.8, 4) is 5.75 Å². The van der Waals surface area contributed by atoms with Gasteiger partial charge in [-0.3, -0.25) is 0 Å². The number of benzene rings is 1. The van der Waals surface area contributed by atoms with Gasteiger partial charge in [0.25, 0.3) is 0 Å². The summed E-state index contributed by atoms with van der Waals surface area (Å²) in [6, 6.07) is 3.10. The molecule has 6 heteroatoms. The summed E-state index contributed by atoms with van der Waals surface area (Å²) in [4.78, 5) is 10.9. The van der Waals surface area contributed by atoms with Crippen LogP contribution in [0.15, 0.2) is 17.7 Å². The zero-order chi connectivity index (χ0) is 14.4. The molecule has 0 saturated carbocycles. The second kappa shape index (κ2) is 4.29. The summed E-state index contributed by atoms with van der Waals surface area (Å²) in [5.74, 6) is -1.58. The maximum absolute atomic E-state index is 12.8. The average Bonchev–Trinajstić information content (AvgIpc) is 2.27. The molecule has 0 bridgehead atoms. The van der Waals surface area contributed by atoms with E-state index in [4.69, 9.17) is 9.84 Å². The lowest BCUT2D eigenvalue weighted by Gasteiger charge is -2.27. The van der Waals surface area contributed by atoms with Gasteiger partial charge in [0.05, 0.1) is 5.57 Å². The Balaban J connectivity index is 2.57. The highest BCUT2D eigenvalue weighted by molar-refractivity contribution is 5.95. The molecule has 19 heavy (non-hydrogen) atoms. The van der Waals surface area contributed by atoms with Gasteiger partial charge in [0.1, 0.15) is 5.75 Å². The van der Waals surface area contributed by atoms with Crippen molar-refractivity contribution in [1.82, 2.24) is 0 Å². The molecule has 3 nitrogen and oxygen atoms in total. The number of aliphatic carboxylic acids is 1. The standard InChI is InChI=1S/C13H11F3O3/c1-6-3-8-5-9(12(17)18)11(13(14,15)16)19-10(8)4-7(6)2/h3-5,11H,1-2H3,(H,17,18). The number of halogens is 3. The molecular weight excluding hydrogens is 261 g/mol. The molecule has 102 valence electrons. The first-order chi connectivity index (χ1) is 8.70. The second-order valence-electron chi connectivity index (χ2n) is 4.42. The van der Waals surface area contributed by atoms with E-state index in [2.05, 4.69) is 0 Å². The van der Waals surface area contributed by atoms with Gasteiger partial charge in [-0.15, -0.1) is 0 Å². The fourth-order valence-electron chi connectivity index (χ4n) is 1.88. The summed E-state index contributed by atoms with van der Waals surface area (Å²) in [7, 11) is 0. The molecule has 1 aliphatic heterocycles. The van der Waals surface area contributed by atoms with Crippen LogP contribution in [0.3, 0.4) is 0 Å². The molecule has 1 unspecified atom stereocenters. The highest BCUT2D eigenvalue weighted by atomic mass is 19.4. The molecule has 0 aromatic heterocycles. The van der Waals surface area contributed by atoms with Crippen molar-refractivity contribution in [3.63, 3.8) is 0 Å². The minimum absolute atomic E-state index is 0.0513. The summed E-state index contributed by atoms with van der Waals surface area (Å²) < 4.78 is 43.2. The summed E-state index contributed by atoms with van der Waals surface area (Å²) in [6.45, 7) is 3.54. The quantitative estimate of drug-likeness (QED) is 0.854. The van der Waals surface area contributed by atoms with Crippen LogP contribution < -0.4 is 4.74 Å². The van der Waals surface area contributed by atoms with Gasteiger partial charge < -0.3 is 9.84 Å². The lowest BCUT2D eigenvalue weighted by atomic mass is 9.98. The van der Waals surface area contributed by atoms with Crippen molar-refractivity contribution >= 4 is 12.0 Å². The van der Waals surface area contributed by atoms with Crippen LogP contribution in [-0.4, -0.2) is 23.4 Å². The Morgan fingerprint density at radius 2 is 1.84 bits per heavy atom. The van der Waals surface area contributed by atoms with Crippen LogP contribution >= 0.6 is 0 Å². The van der Waals surface area contributed by atoms with Crippen molar-refractivity contribution in [2.45, 2.75) is 26.1 Å².